The average molecular weight is 282 g/mol. The molecular weight excluding hydrogens is 262 g/mol. The maximum atomic E-state index is 6.35. The summed E-state index contributed by atoms with van der Waals surface area (Å²) in [5, 5.41) is 4.24. The highest BCUT2D eigenvalue weighted by atomic mass is 35.5. The molecule has 2 heterocycles. The van der Waals surface area contributed by atoms with Gasteiger partial charge in [-0.25, -0.2) is 0 Å². The maximum Gasteiger partial charge on any atom is 0.138 e. The molecule has 2 aliphatic heterocycles. The van der Waals surface area contributed by atoms with Crippen molar-refractivity contribution in [2.24, 2.45) is 0 Å². The van der Waals surface area contributed by atoms with Crippen molar-refractivity contribution in [1.29, 1.82) is 0 Å². The highest BCUT2D eigenvalue weighted by Crippen LogP contribution is 2.35. The molecule has 0 saturated carbocycles. The first kappa shape index (κ1) is 13.2. The number of hydrogen-bond acceptors (Lipinski definition) is 3. The molecule has 0 aliphatic carbocycles. The summed E-state index contributed by atoms with van der Waals surface area (Å²) in [7, 11) is 0. The van der Waals surface area contributed by atoms with Crippen LogP contribution in [0.4, 0.5) is 0 Å². The van der Waals surface area contributed by atoms with Crippen molar-refractivity contribution in [2.45, 2.75) is 37.8 Å². The van der Waals surface area contributed by atoms with Gasteiger partial charge in [-0.2, -0.15) is 0 Å². The molecule has 1 N–H and O–H groups in total. The fourth-order valence-electron chi connectivity index (χ4n) is 2.87. The van der Waals surface area contributed by atoms with E-state index in [1.807, 2.05) is 12.1 Å². The first-order chi connectivity index (χ1) is 9.17. The summed E-state index contributed by atoms with van der Waals surface area (Å²) in [5.41, 5.74) is 1.29. The van der Waals surface area contributed by atoms with Crippen molar-refractivity contribution >= 4 is 11.6 Å². The molecule has 1 aromatic carbocycles. The van der Waals surface area contributed by atoms with E-state index in [9.17, 15) is 0 Å². The van der Waals surface area contributed by atoms with Crippen molar-refractivity contribution in [3.8, 4) is 5.75 Å². The second-order valence-electron chi connectivity index (χ2n) is 5.61. The summed E-state index contributed by atoms with van der Waals surface area (Å²) in [6, 6.07) is 6.14. The monoisotopic (exact) mass is 281 g/mol. The summed E-state index contributed by atoms with van der Waals surface area (Å²) in [5.74, 6) is 0.766. The third-order valence-electron chi connectivity index (χ3n) is 4.12. The zero-order valence-corrected chi connectivity index (χ0v) is 12.0. The largest absolute Gasteiger partial charge is 0.486 e. The normalized spacial score (nSPS) is 30.7. The van der Waals surface area contributed by atoms with E-state index in [2.05, 4.69) is 18.3 Å². The maximum absolute atomic E-state index is 6.35. The predicted molar refractivity (Wildman–Crippen MR) is 75.9 cm³/mol. The van der Waals surface area contributed by atoms with Crippen LogP contribution in [0, 0.1) is 0 Å². The van der Waals surface area contributed by atoms with E-state index in [0.717, 1.165) is 31.7 Å². The second-order valence-corrected chi connectivity index (χ2v) is 6.02. The molecule has 3 nitrogen and oxygen atoms in total. The van der Waals surface area contributed by atoms with Gasteiger partial charge in [0.05, 0.1) is 18.2 Å². The molecule has 4 heteroatoms. The van der Waals surface area contributed by atoms with Gasteiger partial charge in [0.1, 0.15) is 11.9 Å². The zero-order valence-electron chi connectivity index (χ0n) is 11.2. The molecule has 2 unspecified atom stereocenters. The molecule has 2 aliphatic rings. The van der Waals surface area contributed by atoms with Gasteiger partial charge < -0.3 is 14.8 Å². The first-order valence-corrected chi connectivity index (χ1v) is 7.35. The lowest BCUT2D eigenvalue weighted by Gasteiger charge is -2.26. The van der Waals surface area contributed by atoms with Gasteiger partial charge >= 0.3 is 0 Å². The van der Waals surface area contributed by atoms with Crippen LogP contribution in [-0.4, -0.2) is 25.9 Å². The molecular formula is C15H20ClNO2. The van der Waals surface area contributed by atoms with Gasteiger partial charge in [-0.1, -0.05) is 17.7 Å². The summed E-state index contributed by atoms with van der Waals surface area (Å²) in [6.45, 7) is 4.75. The summed E-state index contributed by atoms with van der Waals surface area (Å²) < 4.78 is 11.2. The van der Waals surface area contributed by atoms with Crippen molar-refractivity contribution in [1.82, 2.24) is 5.32 Å². The molecule has 19 heavy (non-hydrogen) atoms. The van der Waals surface area contributed by atoms with E-state index >= 15 is 0 Å². The Hall–Kier alpha value is -0.770. The van der Waals surface area contributed by atoms with Crippen molar-refractivity contribution in [3.63, 3.8) is 0 Å². The van der Waals surface area contributed by atoms with Crippen LogP contribution in [0.15, 0.2) is 18.2 Å². The van der Waals surface area contributed by atoms with E-state index in [1.54, 1.807) is 0 Å². The topological polar surface area (TPSA) is 30.5 Å². The summed E-state index contributed by atoms with van der Waals surface area (Å²) in [4.78, 5) is 0. The highest BCUT2D eigenvalue weighted by Gasteiger charge is 2.30. The smallest absolute Gasteiger partial charge is 0.138 e. The number of ether oxygens (including phenoxy) is 2. The molecule has 0 aromatic heterocycles. The summed E-state index contributed by atoms with van der Waals surface area (Å²) in [6.07, 6.45) is 3.45. The third-order valence-corrected chi connectivity index (χ3v) is 4.41. The Kier molecular flexibility index (Phi) is 3.70. The molecule has 0 radical (unpaired) electrons. The first-order valence-electron chi connectivity index (χ1n) is 6.97. The van der Waals surface area contributed by atoms with E-state index < -0.39 is 0 Å². The Morgan fingerprint density at radius 2 is 2.37 bits per heavy atom. The Labute approximate surface area is 119 Å². The van der Waals surface area contributed by atoms with Gasteiger partial charge in [0.15, 0.2) is 0 Å². The highest BCUT2D eigenvalue weighted by molar-refractivity contribution is 6.32. The third kappa shape index (κ3) is 2.73. The molecule has 0 amide bonds. The molecule has 3 rings (SSSR count). The quantitative estimate of drug-likeness (QED) is 0.923. The fraction of sp³-hybridized carbons (Fsp3) is 0.600. The van der Waals surface area contributed by atoms with Crippen molar-refractivity contribution in [3.05, 3.63) is 28.8 Å². The Bertz CT molecular complexity index is 451. The second kappa shape index (κ2) is 5.31. The molecule has 1 aromatic rings. The van der Waals surface area contributed by atoms with Gasteiger partial charge in [-0.05, 0) is 44.0 Å². The lowest BCUT2D eigenvalue weighted by molar-refractivity contribution is 0.141. The zero-order chi connectivity index (χ0) is 13.3. The fourth-order valence-corrected chi connectivity index (χ4v) is 3.09. The van der Waals surface area contributed by atoms with Crippen LogP contribution in [0.1, 0.15) is 31.7 Å². The van der Waals surface area contributed by atoms with Crippen LogP contribution >= 0.6 is 11.6 Å². The van der Waals surface area contributed by atoms with Crippen LogP contribution in [0.25, 0.3) is 0 Å². The van der Waals surface area contributed by atoms with Crippen molar-refractivity contribution < 1.29 is 9.47 Å². The van der Waals surface area contributed by atoms with E-state index in [0.29, 0.717) is 11.6 Å². The molecule has 2 atom stereocenters. The van der Waals surface area contributed by atoms with Gasteiger partial charge in [-0.3, -0.25) is 0 Å². The molecule has 104 valence electrons. The number of benzene rings is 1. The predicted octanol–water partition coefficient (Wildman–Crippen LogP) is 3.11. The number of halogens is 1. The van der Waals surface area contributed by atoms with Crippen LogP contribution < -0.4 is 10.1 Å². The number of hydrogen-bond donors (Lipinski definition) is 1. The standard InChI is InChI=1S/C15H20ClNO2/c1-15(6-2-7-17-15)11-3-4-14(13(16)9-11)19-12-5-8-18-10-12/h3-4,9,12,17H,2,5-8,10H2,1H3. The van der Waals surface area contributed by atoms with E-state index in [-0.39, 0.29) is 11.6 Å². The lowest BCUT2D eigenvalue weighted by Crippen LogP contribution is -2.33. The Morgan fingerprint density at radius 3 is 3.00 bits per heavy atom. The minimum atomic E-state index is 0.0542. The molecule has 0 bridgehead atoms. The molecule has 2 fully saturated rings. The van der Waals surface area contributed by atoms with Crippen LogP contribution in [0.2, 0.25) is 5.02 Å². The van der Waals surface area contributed by atoms with Gasteiger partial charge in [0.2, 0.25) is 0 Å². The van der Waals surface area contributed by atoms with Gasteiger partial charge in [0, 0.05) is 12.0 Å². The van der Waals surface area contributed by atoms with Crippen molar-refractivity contribution in [2.75, 3.05) is 19.8 Å². The van der Waals surface area contributed by atoms with Crippen LogP contribution in [-0.2, 0) is 10.3 Å². The van der Waals surface area contributed by atoms with Gasteiger partial charge in [-0.15, -0.1) is 0 Å². The Morgan fingerprint density at radius 1 is 1.47 bits per heavy atom. The molecule has 2 saturated heterocycles. The Balaban J connectivity index is 1.77. The average Bonchev–Trinajstić information content (AvgIpc) is 3.04. The minimum absolute atomic E-state index is 0.0542. The minimum Gasteiger partial charge on any atom is -0.486 e. The number of rotatable bonds is 3. The summed E-state index contributed by atoms with van der Waals surface area (Å²) >= 11 is 6.35. The van der Waals surface area contributed by atoms with Crippen LogP contribution in [0.3, 0.4) is 0 Å². The molecule has 0 spiro atoms. The van der Waals surface area contributed by atoms with Gasteiger partial charge in [0.25, 0.3) is 0 Å². The van der Waals surface area contributed by atoms with E-state index in [1.165, 1.54) is 12.0 Å². The SMILES string of the molecule is CC1(c2ccc(OC3CCOC3)c(Cl)c2)CCCN1. The lowest BCUT2D eigenvalue weighted by atomic mass is 9.90. The van der Waals surface area contributed by atoms with Crippen LogP contribution in [0.5, 0.6) is 5.75 Å². The van der Waals surface area contributed by atoms with E-state index in [4.69, 9.17) is 21.1 Å². The number of nitrogens with one attached hydrogen (secondary N) is 1.